The number of methoxy groups -OCH3 is 2. The molecule has 0 N–H and O–H groups in total. The molecule has 0 heterocycles. The number of carbonyl (C=O) groups excluding carboxylic acids is 1. The lowest BCUT2D eigenvalue weighted by atomic mass is 9.95. The molecule has 0 fully saturated rings. The van der Waals surface area contributed by atoms with Gasteiger partial charge in [0.1, 0.15) is 0 Å². The summed E-state index contributed by atoms with van der Waals surface area (Å²) >= 11 is 0. The van der Waals surface area contributed by atoms with Crippen molar-refractivity contribution in [2.75, 3.05) is 27.4 Å². The first-order valence-electron chi connectivity index (χ1n) is 5.46. The van der Waals surface area contributed by atoms with Crippen molar-refractivity contribution in [3.63, 3.8) is 0 Å². The predicted molar refractivity (Wildman–Crippen MR) is 62.3 cm³/mol. The molecule has 4 heteroatoms. The van der Waals surface area contributed by atoms with Crippen molar-refractivity contribution < 1.29 is 19.0 Å². The minimum atomic E-state index is -0.591. The normalized spacial score (nSPS) is 12.6. The Kier molecular flexibility index (Phi) is 5.97. The highest BCUT2D eigenvalue weighted by molar-refractivity contribution is 5.75. The van der Waals surface area contributed by atoms with E-state index < -0.39 is 5.41 Å². The minimum Gasteiger partial charge on any atom is -0.469 e. The monoisotopic (exact) mass is 232 g/mol. The van der Waals surface area contributed by atoms with E-state index in [4.69, 9.17) is 14.2 Å². The highest BCUT2D eigenvalue weighted by atomic mass is 16.5. The Hall–Kier alpha value is -0.610. The first-order valence-corrected chi connectivity index (χ1v) is 5.46. The van der Waals surface area contributed by atoms with Gasteiger partial charge >= 0.3 is 5.97 Å². The third kappa shape index (κ3) is 5.47. The molecule has 0 radical (unpaired) electrons. The SMILES string of the molecule is COC(=O)C(C)(C)COCCC(C)(C)OC. The molecule has 0 aliphatic rings. The fraction of sp³-hybridized carbons (Fsp3) is 0.917. The van der Waals surface area contributed by atoms with Crippen molar-refractivity contribution in [3.8, 4) is 0 Å². The predicted octanol–water partition coefficient (Wildman–Crippen LogP) is 2.02. The summed E-state index contributed by atoms with van der Waals surface area (Å²) in [5.74, 6) is -0.251. The van der Waals surface area contributed by atoms with Gasteiger partial charge in [-0.25, -0.2) is 0 Å². The molecule has 0 saturated heterocycles. The van der Waals surface area contributed by atoms with Crippen LogP contribution in [0.25, 0.3) is 0 Å². The molecule has 0 aliphatic carbocycles. The number of hydrogen-bond acceptors (Lipinski definition) is 4. The van der Waals surface area contributed by atoms with E-state index in [1.54, 1.807) is 21.0 Å². The Bertz CT molecular complexity index is 221. The molecule has 0 saturated carbocycles. The van der Waals surface area contributed by atoms with Crippen LogP contribution in [0.4, 0.5) is 0 Å². The van der Waals surface area contributed by atoms with E-state index in [1.807, 2.05) is 13.8 Å². The molecule has 4 nitrogen and oxygen atoms in total. The third-order valence-electron chi connectivity index (χ3n) is 2.60. The van der Waals surface area contributed by atoms with Gasteiger partial charge in [-0.15, -0.1) is 0 Å². The summed E-state index contributed by atoms with van der Waals surface area (Å²) in [6.07, 6.45) is 0.792. The van der Waals surface area contributed by atoms with Crippen molar-refractivity contribution >= 4 is 5.97 Å². The molecular weight excluding hydrogens is 208 g/mol. The van der Waals surface area contributed by atoms with Crippen LogP contribution in [0.5, 0.6) is 0 Å². The van der Waals surface area contributed by atoms with Crippen molar-refractivity contribution in [3.05, 3.63) is 0 Å². The van der Waals surface area contributed by atoms with E-state index in [1.165, 1.54) is 7.11 Å². The first-order chi connectivity index (χ1) is 7.25. The summed E-state index contributed by atoms with van der Waals surface area (Å²) in [6, 6.07) is 0. The molecule has 0 aromatic rings. The van der Waals surface area contributed by atoms with Gasteiger partial charge in [-0.2, -0.15) is 0 Å². The lowest BCUT2D eigenvalue weighted by Crippen LogP contribution is -2.32. The molecule has 0 atom stereocenters. The van der Waals surface area contributed by atoms with Crippen molar-refractivity contribution in [2.24, 2.45) is 5.41 Å². The molecular formula is C12H24O4. The van der Waals surface area contributed by atoms with Crippen LogP contribution >= 0.6 is 0 Å². The van der Waals surface area contributed by atoms with Gasteiger partial charge in [-0.05, 0) is 34.1 Å². The summed E-state index contributed by atoms with van der Waals surface area (Å²) in [5.41, 5.74) is -0.776. The average molecular weight is 232 g/mol. The molecule has 96 valence electrons. The maximum Gasteiger partial charge on any atom is 0.313 e. The molecule has 0 spiro atoms. The summed E-state index contributed by atoms with van der Waals surface area (Å²) in [4.78, 5) is 11.4. The van der Waals surface area contributed by atoms with E-state index in [2.05, 4.69) is 0 Å². The second-order valence-electron chi connectivity index (χ2n) is 5.14. The van der Waals surface area contributed by atoms with E-state index in [0.717, 1.165) is 6.42 Å². The molecule has 0 unspecified atom stereocenters. The van der Waals surface area contributed by atoms with Gasteiger partial charge < -0.3 is 14.2 Å². The zero-order valence-corrected chi connectivity index (χ0v) is 11.3. The summed E-state index contributed by atoms with van der Waals surface area (Å²) in [6.45, 7) is 8.55. The minimum absolute atomic E-state index is 0.185. The molecule has 0 aromatic heterocycles. The lowest BCUT2D eigenvalue weighted by molar-refractivity contribution is -0.154. The first kappa shape index (κ1) is 15.4. The van der Waals surface area contributed by atoms with Gasteiger partial charge in [0, 0.05) is 13.7 Å². The van der Waals surface area contributed by atoms with Crippen LogP contribution in [0.15, 0.2) is 0 Å². The van der Waals surface area contributed by atoms with E-state index in [-0.39, 0.29) is 11.6 Å². The topological polar surface area (TPSA) is 44.8 Å². The molecule has 0 rings (SSSR count). The Balaban J connectivity index is 3.86. The van der Waals surface area contributed by atoms with Gasteiger partial charge in [0.2, 0.25) is 0 Å². The van der Waals surface area contributed by atoms with Gasteiger partial charge in [-0.1, -0.05) is 0 Å². The maximum atomic E-state index is 11.4. The highest BCUT2D eigenvalue weighted by Crippen LogP contribution is 2.18. The summed E-state index contributed by atoms with van der Waals surface area (Å²) in [7, 11) is 3.07. The Morgan fingerprint density at radius 1 is 1.12 bits per heavy atom. The maximum absolute atomic E-state index is 11.4. The fourth-order valence-corrected chi connectivity index (χ4v) is 1.08. The molecule has 0 bridgehead atoms. The van der Waals surface area contributed by atoms with Gasteiger partial charge in [0.15, 0.2) is 0 Å². The van der Waals surface area contributed by atoms with Gasteiger partial charge in [-0.3, -0.25) is 4.79 Å². The highest BCUT2D eigenvalue weighted by Gasteiger charge is 2.29. The van der Waals surface area contributed by atoms with Crippen LogP contribution in [0, 0.1) is 5.41 Å². The number of hydrogen-bond donors (Lipinski definition) is 0. The second-order valence-corrected chi connectivity index (χ2v) is 5.14. The van der Waals surface area contributed by atoms with Gasteiger partial charge in [0.05, 0.1) is 24.7 Å². The second kappa shape index (κ2) is 6.21. The van der Waals surface area contributed by atoms with Crippen LogP contribution < -0.4 is 0 Å². The Labute approximate surface area is 98.3 Å². The van der Waals surface area contributed by atoms with Crippen LogP contribution in [0.1, 0.15) is 34.1 Å². The zero-order chi connectivity index (χ0) is 12.8. The molecule has 16 heavy (non-hydrogen) atoms. The van der Waals surface area contributed by atoms with Crippen LogP contribution in [0.3, 0.4) is 0 Å². The number of ether oxygens (including phenoxy) is 3. The zero-order valence-electron chi connectivity index (χ0n) is 11.3. The van der Waals surface area contributed by atoms with Gasteiger partial charge in [0.25, 0.3) is 0 Å². The van der Waals surface area contributed by atoms with E-state index >= 15 is 0 Å². The van der Waals surface area contributed by atoms with Crippen molar-refractivity contribution in [2.45, 2.75) is 39.7 Å². The summed E-state index contributed by atoms with van der Waals surface area (Å²) < 4.78 is 15.4. The van der Waals surface area contributed by atoms with Crippen molar-refractivity contribution in [1.82, 2.24) is 0 Å². The average Bonchev–Trinajstić information content (AvgIpc) is 2.23. The van der Waals surface area contributed by atoms with Crippen molar-refractivity contribution in [1.29, 1.82) is 0 Å². The van der Waals surface area contributed by atoms with E-state index in [0.29, 0.717) is 13.2 Å². The number of rotatable bonds is 7. The lowest BCUT2D eigenvalue weighted by Gasteiger charge is -2.25. The number of carbonyl (C=O) groups is 1. The summed E-state index contributed by atoms with van der Waals surface area (Å²) in [5, 5.41) is 0. The van der Waals surface area contributed by atoms with Crippen LogP contribution in [-0.2, 0) is 19.0 Å². The van der Waals surface area contributed by atoms with E-state index in [9.17, 15) is 4.79 Å². The molecule has 0 aliphatic heterocycles. The fourth-order valence-electron chi connectivity index (χ4n) is 1.08. The standard InChI is InChI=1S/C12H24O4/c1-11(2,10(13)14-5)9-16-8-7-12(3,4)15-6/h7-9H2,1-6H3. The Morgan fingerprint density at radius 2 is 1.69 bits per heavy atom. The number of esters is 1. The molecule has 0 amide bonds. The third-order valence-corrected chi connectivity index (χ3v) is 2.60. The quantitative estimate of drug-likeness (QED) is 0.497. The largest absolute Gasteiger partial charge is 0.469 e. The van der Waals surface area contributed by atoms with Crippen LogP contribution in [-0.4, -0.2) is 39.0 Å². The van der Waals surface area contributed by atoms with Crippen LogP contribution in [0.2, 0.25) is 0 Å². The Morgan fingerprint density at radius 3 is 2.12 bits per heavy atom. The smallest absolute Gasteiger partial charge is 0.313 e. The molecule has 0 aromatic carbocycles.